The number of benzene rings is 1. The standard InChI is InChI=1S/C25H34N4/c1-2-12-27(13-3-1)19-22-6-8-23(9-7-22)24-10-11-25(26-18-24)29-16-14-28(15-17-29)20-21-4-5-21/h6-11,18,21H,1-5,12-17,19-20H2. The van der Waals surface area contributed by atoms with Crippen LogP contribution < -0.4 is 4.90 Å². The molecule has 29 heavy (non-hydrogen) atoms. The molecule has 4 nitrogen and oxygen atoms in total. The minimum Gasteiger partial charge on any atom is -0.354 e. The van der Waals surface area contributed by atoms with E-state index < -0.39 is 0 Å². The molecule has 3 fully saturated rings. The second-order valence-electron chi connectivity index (χ2n) is 9.17. The van der Waals surface area contributed by atoms with Crippen LogP contribution in [0.4, 0.5) is 5.82 Å². The Morgan fingerprint density at radius 3 is 2.10 bits per heavy atom. The van der Waals surface area contributed by atoms with Crippen molar-refractivity contribution in [1.29, 1.82) is 0 Å². The summed E-state index contributed by atoms with van der Waals surface area (Å²) in [6.07, 6.45) is 9.04. The second-order valence-corrected chi connectivity index (χ2v) is 9.17. The van der Waals surface area contributed by atoms with Gasteiger partial charge in [0, 0.05) is 51.0 Å². The summed E-state index contributed by atoms with van der Waals surface area (Å²) in [6, 6.07) is 13.5. The van der Waals surface area contributed by atoms with Crippen LogP contribution in [0, 0.1) is 5.92 Å². The smallest absolute Gasteiger partial charge is 0.128 e. The fourth-order valence-electron chi connectivity index (χ4n) is 4.75. The van der Waals surface area contributed by atoms with Crippen LogP contribution in [-0.4, -0.2) is 60.6 Å². The van der Waals surface area contributed by atoms with Crippen LogP contribution in [0.1, 0.15) is 37.7 Å². The number of rotatable bonds is 6. The number of anilines is 1. The van der Waals surface area contributed by atoms with E-state index in [0.29, 0.717) is 0 Å². The quantitative estimate of drug-likeness (QED) is 0.735. The van der Waals surface area contributed by atoms with Gasteiger partial charge >= 0.3 is 0 Å². The van der Waals surface area contributed by atoms with Crippen molar-refractivity contribution < 1.29 is 0 Å². The van der Waals surface area contributed by atoms with E-state index in [4.69, 9.17) is 4.98 Å². The molecular formula is C25H34N4. The molecule has 0 unspecified atom stereocenters. The Morgan fingerprint density at radius 1 is 0.724 bits per heavy atom. The SMILES string of the molecule is c1cc(-c2ccc(N3CCN(CC4CC4)CC3)nc2)ccc1CN1CCCCC1. The highest BCUT2D eigenvalue weighted by Gasteiger charge is 2.26. The average Bonchev–Trinajstić information content (AvgIpc) is 3.60. The van der Waals surface area contributed by atoms with E-state index in [1.54, 1.807) is 0 Å². The normalized spacial score (nSPS) is 21.4. The molecule has 1 saturated carbocycles. The zero-order valence-corrected chi connectivity index (χ0v) is 17.6. The van der Waals surface area contributed by atoms with Crippen LogP contribution in [0.3, 0.4) is 0 Å². The molecule has 2 aromatic rings. The number of piperidine rings is 1. The third kappa shape index (κ3) is 4.99. The molecular weight excluding hydrogens is 356 g/mol. The van der Waals surface area contributed by atoms with Gasteiger partial charge in [-0.3, -0.25) is 9.80 Å². The van der Waals surface area contributed by atoms with Gasteiger partial charge in [0.05, 0.1) is 0 Å². The van der Waals surface area contributed by atoms with Gasteiger partial charge in [-0.1, -0.05) is 30.7 Å². The van der Waals surface area contributed by atoms with E-state index in [9.17, 15) is 0 Å². The van der Waals surface area contributed by atoms with Crippen LogP contribution in [0.5, 0.6) is 0 Å². The summed E-state index contributed by atoms with van der Waals surface area (Å²) >= 11 is 0. The van der Waals surface area contributed by atoms with Gasteiger partial charge in [-0.2, -0.15) is 0 Å². The van der Waals surface area contributed by atoms with Gasteiger partial charge in [0.15, 0.2) is 0 Å². The summed E-state index contributed by atoms with van der Waals surface area (Å²) in [5.74, 6) is 2.12. The predicted molar refractivity (Wildman–Crippen MR) is 120 cm³/mol. The van der Waals surface area contributed by atoms with Gasteiger partial charge < -0.3 is 4.90 Å². The lowest BCUT2D eigenvalue weighted by Crippen LogP contribution is -2.47. The Kier molecular flexibility index (Phi) is 5.82. The molecule has 0 amide bonds. The predicted octanol–water partition coefficient (Wildman–Crippen LogP) is 4.27. The van der Waals surface area contributed by atoms with Crippen LogP contribution >= 0.6 is 0 Å². The molecule has 0 atom stereocenters. The number of nitrogens with zero attached hydrogens (tertiary/aromatic N) is 4. The Labute approximate surface area is 175 Å². The van der Waals surface area contributed by atoms with Crippen molar-refractivity contribution in [3.05, 3.63) is 48.2 Å². The molecule has 0 radical (unpaired) electrons. The number of hydrogen-bond acceptors (Lipinski definition) is 4. The monoisotopic (exact) mass is 390 g/mol. The summed E-state index contributed by atoms with van der Waals surface area (Å²) in [6.45, 7) is 9.47. The minimum atomic E-state index is 0.991. The van der Waals surface area contributed by atoms with Crippen molar-refractivity contribution in [2.24, 2.45) is 5.92 Å². The first-order valence-corrected chi connectivity index (χ1v) is 11.6. The van der Waals surface area contributed by atoms with E-state index in [2.05, 4.69) is 51.1 Å². The van der Waals surface area contributed by atoms with Crippen molar-refractivity contribution in [3.63, 3.8) is 0 Å². The van der Waals surface area contributed by atoms with E-state index in [1.165, 1.54) is 81.5 Å². The van der Waals surface area contributed by atoms with Gasteiger partial charge in [-0.25, -0.2) is 4.98 Å². The second kappa shape index (κ2) is 8.85. The van der Waals surface area contributed by atoms with E-state index in [0.717, 1.165) is 31.4 Å². The van der Waals surface area contributed by atoms with Crippen LogP contribution in [0.15, 0.2) is 42.6 Å². The summed E-state index contributed by atoms with van der Waals surface area (Å²) in [5, 5.41) is 0. The fraction of sp³-hybridized carbons (Fsp3) is 0.560. The minimum absolute atomic E-state index is 0.991. The number of hydrogen-bond donors (Lipinski definition) is 0. The number of aromatic nitrogens is 1. The van der Waals surface area contributed by atoms with Crippen molar-refractivity contribution >= 4 is 5.82 Å². The van der Waals surface area contributed by atoms with Gasteiger partial charge in [0.1, 0.15) is 5.82 Å². The molecule has 2 aliphatic heterocycles. The first-order valence-electron chi connectivity index (χ1n) is 11.6. The highest BCUT2D eigenvalue weighted by atomic mass is 15.3. The Morgan fingerprint density at radius 2 is 1.45 bits per heavy atom. The molecule has 3 aliphatic rings. The maximum absolute atomic E-state index is 4.79. The molecule has 1 aromatic heterocycles. The Hall–Kier alpha value is -1.91. The number of pyridine rings is 1. The van der Waals surface area contributed by atoms with E-state index >= 15 is 0 Å². The first-order chi connectivity index (χ1) is 14.3. The molecule has 4 heteroatoms. The van der Waals surface area contributed by atoms with Gasteiger partial charge in [-0.15, -0.1) is 0 Å². The molecule has 1 aromatic carbocycles. The topological polar surface area (TPSA) is 22.6 Å². The molecule has 0 spiro atoms. The summed E-state index contributed by atoms with van der Waals surface area (Å²) in [7, 11) is 0. The van der Waals surface area contributed by atoms with Crippen molar-refractivity contribution in [3.8, 4) is 11.1 Å². The summed E-state index contributed by atoms with van der Waals surface area (Å²) in [4.78, 5) is 12.4. The fourth-order valence-corrected chi connectivity index (χ4v) is 4.75. The molecule has 3 heterocycles. The highest BCUT2D eigenvalue weighted by Crippen LogP contribution is 2.30. The lowest BCUT2D eigenvalue weighted by Gasteiger charge is -2.35. The zero-order valence-electron chi connectivity index (χ0n) is 17.6. The largest absolute Gasteiger partial charge is 0.354 e. The molecule has 2 saturated heterocycles. The average molecular weight is 391 g/mol. The van der Waals surface area contributed by atoms with Crippen molar-refractivity contribution in [1.82, 2.24) is 14.8 Å². The molecule has 5 rings (SSSR count). The highest BCUT2D eigenvalue weighted by molar-refractivity contribution is 5.64. The van der Waals surface area contributed by atoms with Crippen LogP contribution in [0.25, 0.3) is 11.1 Å². The van der Waals surface area contributed by atoms with E-state index in [-0.39, 0.29) is 0 Å². The molecule has 0 N–H and O–H groups in total. The van der Waals surface area contributed by atoms with Crippen molar-refractivity contribution in [2.45, 2.75) is 38.6 Å². The molecule has 0 bridgehead atoms. The lowest BCUT2D eigenvalue weighted by atomic mass is 10.0. The number of piperazine rings is 1. The third-order valence-corrected chi connectivity index (χ3v) is 6.80. The first kappa shape index (κ1) is 19.1. The van der Waals surface area contributed by atoms with Gasteiger partial charge in [-0.05, 0) is 68.0 Å². The number of likely N-dealkylation sites (tertiary alicyclic amines) is 1. The third-order valence-electron chi connectivity index (χ3n) is 6.80. The van der Waals surface area contributed by atoms with E-state index in [1.807, 2.05) is 6.20 Å². The van der Waals surface area contributed by atoms with Crippen molar-refractivity contribution in [2.75, 3.05) is 50.7 Å². The zero-order chi connectivity index (χ0) is 19.5. The summed E-state index contributed by atoms with van der Waals surface area (Å²) in [5.41, 5.74) is 3.90. The maximum atomic E-state index is 4.79. The molecule has 154 valence electrons. The van der Waals surface area contributed by atoms with Crippen LogP contribution in [-0.2, 0) is 6.54 Å². The van der Waals surface area contributed by atoms with Crippen LogP contribution in [0.2, 0.25) is 0 Å². The maximum Gasteiger partial charge on any atom is 0.128 e. The summed E-state index contributed by atoms with van der Waals surface area (Å²) < 4.78 is 0. The Bertz CT molecular complexity index is 767. The van der Waals surface area contributed by atoms with Gasteiger partial charge in [0.2, 0.25) is 0 Å². The lowest BCUT2D eigenvalue weighted by molar-refractivity contribution is 0.221. The Balaban J connectivity index is 1.16. The van der Waals surface area contributed by atoms with Gasteiger partial charge in [0.25, 0.3) is 0 Å². The molecule has 1 aliphatic carbocycles.